The van der Waals surface area contributed by atoms with E-state index >= 15 is 0 Å². The molecule has 0 aliphatic heterocycles. The summed E-state index contributed by atoms with van der Waals surface area (Å²) < 4.78 is 6.15. The number of nitrogens with zero attached hydrogens (tertiary/aromatic N) is 1. The van der Waals surface area contributed by atoms with E-state index in [0.29, 0.717) is 12.1 Å². The molecule has 1 aromatic rings. The van der Waals surface area contributed by atoms with E-state index in [1.54, 1.807) is 38.2 Å². The number of aliphatic carboxylic acids is 1. The van der Waals surface area contributed by atoms with Gasteiger partial charge in [0.2, 0.25) is 0 Å². The Labute approximate surface area is 124 Å². The van der Waals surface area contributed by atoms with Gasteiger partial charge in [-0.2, -0.15) is 0 Å². The predicted molar refractivity (Wildman–Crippen MR) is 77.4 cm³/mol. The molecule has 0 saturated heterocycles. The smallest absolute Gasteiger partial charge is 0.407 e. The monoisotopic (exact) mass is 297 g/mol. The summed E-state index contributed by atoms with van der Waals surface area (Å²) in [5, 5.41) is 14.5. The molecule has 0 atom stereocenters. The van der Waals surface area contributed by atoms with Crippen LogP contribution in [0.1, 0.15) is 23.7 Å². The van der Waals surface area contributed by atoms with E-state index in [4.69, 9.17) is 6.54 Å². The van der Waals surface area contributed by atoms with Gasteiger partial charge < -0.3 is 20.4 Å². The highest BCUT2D eigenvalue weighted by Gasteiger charge is 2.04. The van der Waals surface area contributed by atoms with Gasteiger partial charge in [0.05, 0.1) is 6.42 Å². The van der Waals surface area contributed by atoms with Gasteiger partial charge in [0.15, 0.2) is 0 Å². The van der Waals surface area contributed by atoms with Crippen molar-refractivity contribution in [1.82, 2.24) is 10.2 Å². The molecular weight excluding hydrogens is 276 g/mol. The van der Waals surface area contributed by atoms with Gasteiger partial charge in [-0.25, -0.2) is 4.79 Å². The minimum atomic E-state index is -0.918. The molecule has 0 saturated carbocycles. The Bertz CT molecular complexity index is 481. The summed E-state index contributed by atoms with van der Waals surface area (Å²) in [5.41, 5.74) is 0.540. The SMILES string of the molecule is O=C(O)CCNC(=O)c1ccccc1.[2H]OC(=O)N(C)CC. The van der Waals surface area contributed by atoms with E-state index in [2.05, 4.69) is 10.4 Å². The first-order valence-electron chi connectivity index (χ1n) is 6.76. The number of nitrogens with one attached hydrogen (secondary N) is 1. The minimum absolute atomic E-state index is 0.0570. The summed E-state index contributed by atoms with van der Waals surface area (Å²) in [7, 11) is 1.57. The molecule has 7 nitrogen and oxygen atoms in total. The van der Waals surface area contributed by atoms with Crippen LogP contribution in [0.5, 0.6) is 0 Å². The molecule has 0 unspecified atom stereocenters. The van der Waals surface area contributed by atoms with Gasteiger partial charge in [0, 0.05) is 25.7 Å². The molecule has 7 heteroatoms. The van der Waals surface area contributed by atoms with Crippen LogP contribution >= 0.6 is 0 Å². The van der Waals surface area contributed by atoms with Crippen LogP contribution in [0.3, 0.4) is 0 Å². The van der Waals surface area contributed by atoms with Crippen molar-refractivity contribution in [1.29, 1.82) is 1.43 Å². The summed E-state index contributed by atoms with van der Waals surface area (Å²) in [4.78, 5) is 33.0. The molecule has 0 aliphatic rings. The second-order valence-electron chi connectivity index (χ2n) is 4.05. The number of hydrogen-bond acceptors (Lipinski definition) is 4. The Morgan fingerprint density at radius 1 is 1.29 bits per heavy atom. The maximum absolute atomic E-state index is 11.3. The van der Waals surface area contributed by atoms with Crippen molar-refractivity contribution in [3.05, 3.63) is 35.9 Å². The highest BCUT2D eigenvalue weighted by Crippen LogP contribution is 1.97. The van der Waals surface area contributed by atoms with E-state index in [-0.39, 0.29) is 18.9 Å². The number of amides is 2. The van der Waals surface area contributed by atoms with Crippen molar-refractivity contribution in [3.63, 3.8) is 0 Å². The lowest BCUT2D eigenvalue weighted by molar-refractivity contribution is -0.136. The molecule has 3 N–H and O–H groups in total. The van der Waals surface area contributed by atoms with Gasteiger partial charge in [0.1, 0.15) is 0 Å². The maximum Gasteiger partial charge on any atom is 0.407 e. The van der Waals surface area contributed by atoms with E-state index in [1.807, 2.05) is 6.07 Å². The van der Waals surface area contributed by atoms with Gasteiger partial charge in [-0.1, -0.05) is 18.2 Å². The second-order valence-corrected chi connectivity index (χ2v) is 4.05. The Morgan fingerprint density at radius 3 is 2.33 bits per heavy atom. The van der Waals surface area contributed by atoms with Gasteiger partial charge >= 0.3 is 12.1 Å². The standard InChI is InChI=1S/C10H11NO3.C4H9NO2/c12-9(13)6-7-11-10(14)8-4-2-1-3-5-8;1-3-5(2)4(6)7/h1-5H,6-7H2,(H,11,14)(H,12,13);3H2,1-2H3,(H,6,7)/i/hD. The maximum atomic E-state index is 11.3. The van der Waals surface area contributed by atoms with Crippen LogP contribution in [-0.4, -0.2) is 53.2 Å². The fourth-order valence-corrected chi connectivity index (χ4v) is 1.10. The molecular formula is C14H20N2O5. The van der Waals surface area contributed by atoms with E-state index < -0.39 is 12.1 Å². The summed E-state index contributed by atoms with van der Waals surface area (Å²) in [6.07, 6.45) is -0.675. The van der Waals surface area contributed by atoms with Gasteiger partial charge in [-0.15, -0.1) is 0 Å². The van der Waals surface area contributed by atoms with Crippen LogP contribution in [0.15, 0.2) is 30.3 Å². The van der Waals surface area contributed by atoms with Crippen molar-refractivity contribution in [2.75, 3.05) is 20.1 Å². The van der Waals surface area contributed by atoms with Crippen LogP contribution in [0.25, 0.3) is 1.43 Å². The largest absolute Gasteiger partial charge is 0.481 e. The normalized spacial score (nSPS) is 9.52. The van der Waals surface area contributed by atoms with E-state index in [0.717, 1.165) is 0 Å². The first-order valence-corrected chi connectivity index (χ1v) is 6.35. The molecule has 0 spiro atoms. The molecule has 0 heterocycles. The summed E-state index contributed by atoms with van der Waals surface area (Å²) in [6.45, 7) is 2.53. The molecule has 0 bridgehead atoms. The van der Waals surface area contributed by atoms with E-state index in [9.17, 15) is 14.4 Å². The first kappa shape index (κ1) is 16.5. The fraction of sp³-hybridized carbons (Fsp3) is 0.357. The molecule has 0 radical (unpaired) electrons. The molecule has 0 aliphatic carbocycles. The Kier molecular flexibility index (Phi) is 8.04. The van der Waals surface area contributed by atoms with Crippen LogP contribution in [0, 0.1) is 0 Å². The lowest BCUT2D eigenvalue weighted by Crippen LogP contribution is -2.25. The topological polar surface area (TPSA) is 107 Å². The zero-order valence-electron chi connectivity index (χ0n) is 13.0. The lowest BCUT2D eigenvalue weighted by atomic mass is 10.2. The zero-order valence-corrected chi connectivity index (χ0v) is 12.0. The van der Waals surface area contributed by atoms with Crippen LogP contribution in [0.2, 0.25) is 0 Å². The van der Waals surface area contributed by atoms with Crippen molar-refractivity contribution < 1.29 is 24.6 Å². The third kappa shape index (κ3) is 9.04. The molecule has 1 aromatic carbocycles. The third-order valence-corrected chi connectivity index (χ3v) is 2.45. The summed E-state index contributed by atoms with van der Waals surface area (Å²) in [5.74, 6) is -1.16. The molecule has 21 heavy (non-hydrogen) atoms. The Morgan fingerprint density at radius 2 is 1.90 bits per heavy atom. The average molecular weight is 297 g/mol. The Balaban J connectivity index is 0.000000472. The fourth-order valence-electron chi connectivity index (χ4n) is 1.10. The first-order chi connectivity index (χ1) is 10.4. The molecule has 0 fully saturated rings. The molecule has 2 amide bonds. The third-order valence-electron chi connectivity index (χ3n) is 2.45. The number of carboxylic acid groups (broad SMARTS) is 2. The number of hydrogen-bond donors (Lipinski definition) is 3. The zero-order chi connectivity index (χ0) is 17.0. The van der Waals surface area contributed by atoms with Crippen molar-refractivity contribution in [2.45, 2.75) is 13.3 Å². The lowest BCUT2D eigenvalue weighted by Gasteiger charge is -2.06. The summed E-state index contributed by atoms with van der Waals surface area (Å²) in [6, 6.07) is 8.68. The highest BCUT2D eigenvalue weighted by atomic mass is 16.4. The molecule has 1 rings (SSSR count). The second kappa shape index (κ2) is 10.2. The number of benzene rings is 1. The van der Waals surface area contributed by atoms with E-state index in [1.165, 1.54) is 4.90 Å². The Hall–Kier alpha value is -2.57. The summed E-state index contributed by atoms with van der Waals surface area (Å²) >= 11 is 0. The van der Waals surface area contributed by atoms with Gasteiger partial charge in [0.25, 0.3) is 7.34 Å². The van der Waals surface area contributed by atoms with Crippen LogP contribution in [0.4, 0.5) is 4.79 Å². The highest BCUT2D eigenvalue weighted by molar-refractivity contribution is 5.94. The van der Waals surface area contributed by atoms with Gasteiger partial charge in [-0.05, 0) is 19.1 Å². The average Bonchev–Trinajstić information content (AvgIpc) is 2.54. The van der Waals surface area contributed by atoms with Crippen LogP contribution < -0.4 is 5.32 Å². The predicted octanol–water partition coefficient (Wildman–Crippen LogP) is 1.51. The number of carbonyl (C=O) groups is 3. The van der Waals surface area contributed by atoms with Crippen molar-refractivity contribution in [2.24, 2.45) is 0 Å². The molecule has 0 aromatic heterocycles. The van der Waals surface area contributed by atoms with Crippen LogP contribution in [-0.2, 0) is 4.79 Å². The number of carboxylic acids is 1. The number of carbonyl (C=O) groups excluding carboxylic acids is 1. The number of rotatable bonds is 5. The minimum Gasteiger partial charge on any atom is -0.481 e. The van der Waals surface area contributed by atoms with Crippen molar-refractivity contribution >= 4 is 18.0 Å². The molecule has 116 valence electrons. The van der Waals surface area contributed by atoms with Gasteiger partial charge in [-0.3, -0.25) is 9.59 Å². The van der Waals surface area contributed by atoms with Crippen molar-refractivity contribution in [3.8, 4) is 0 Å². The quantitative estimate of drug-likeness (QED) is 0.763.